The van der Waals surface area contributed by atoms with E-state index in [1.807, 2.05) is 0 Å². The third kappa shape index (κ3) is 4.62. The van der Waals surface area contributed by atoms with E-state index < -0.39 is 28.2 Å². The standard InChI is InChI=1S/C20H15Cl2N3O6/c1-2-31-20(28)18-11(17-12(22)8-10(21)9-14(17)24-18)6-7-16(26)23-13-4-3-5-15(19(13)27)25(29)30/h3-9,24,27H,2H2,1H3,(H,23,26)/b7-6+. The zero-order chi connectivity index (χ0) is 22.7. The number of nitrogens with zero attached hydrogens (tertiary/aromatic N) is 1. The summed E-state index contributed by atoms with van der Waals surface area (Å²) in [6.07, 6.45) is 2.43. The molecule has 0 aliphatic rings. The molecule has 160 valence electrons. The van der Waals surface area contributed by atoms with Crippen LogP contribution in [0.5, 0.6) is 5.75 Å². The molecule has 31 heavy (non-hydrogen) atoms. The van der Waals surface area contributed by atoms with Gasteiger partial charge < -0.3 is 20.1 Å². The molecule has 3 rings (SSSR count). The lowest BCUT2D eigenvalue weighted by atomic mass is 10.1. The van der Waals surface area contributed by atoms with E-state index in [1.165, 1.54) is 24.3 Å². The van der Waals surface area contributed by atoms with Crippen LogP contribution in [0.25, 0.3) is 17.0 Å². The molecule has 0 aliphatic carbocycles. The summed E-state index contributed by atoms with van der Waals surface area (Å²) >= 11 is 12.3. The zero-order valence-electron chi connectivity index (χ0n) is 15.9. The maximum Gasteiger partial charge on any atom is 0.355 e. The number of rotatable bonds is 6. The van der Waals surface area contributed by atoms with Crippen LogP contribution in [-0.4, -0.2) is 33.5 Å². The number of aromatic nitrogens is 1. The Hall–Kier alpha value is -3.56. The fourth-order valence-corrected chi connectivity index (χ4v) is 3.51. The van der Waals surface area contributed by atoms with E-state index in [-0.39, 0.29) is 23.0 Å². The Labute approximate surface area is 185 Å². The maximum absolute atomic E-state index is 12.4. The zero-order valence-corrected chi connectivity index (χ0v) is 17.5. The second kappa shape index (κ2) is 9.07. The van der Waals surface area contributed by atoms with Crippen LogP contribution in [0.2, 0.25) is 10.0 Å². The van der Waals surface area contributed by atoms with Gasteiger partial charge in [-0.05, 0) is 31.2 Å². The summed E-state index contributed by atoms with van der Waals surface area (Å²) in [4.78, 5) is 37.8. The van der Waals surface area contributed by atoms with Gasteiger partial charge in [0.2, 0.25) is 11.7 Å². The number of esters is 1. The molecule has 0 spiro atoms. The lowest BCUT2D eigenvalue weighted by Gasteiger charge is -2.05. The van der Waals surface area contributed by atoms with Gasteiger partial charge in [0.05, 0.1) is 22.2 Å². The number of aromatic amines is 1. The molecular formula is C20H15Cl2N3O6. The summed E-state index contributed by atoms with van der Waals surface area (Å²) < 4.78 is 5.04. The number of amides is 1. The first kappa shape index (κ1) is 22.1. The second-order valence-corrected chi connectivity index (χ2v) is 7.04. The number of aromatic hydroxyl groups is 1. The van der Waals surface area contributed by atoms with Crippen molar-refractivity contribution in [3.05, 3.63) is 67.8 Å². The number of nitrogens with one attached hydrogen (secondary N) is 2. The van der Waals surface area contributed by atoms with Crippen LogP contribution in [0.15, 0.2) is 36.4 Å². The summed E-state index contributed by atoms with van der Waals surface area (Å²) in [6.45, 7) is 1.79. The predicted molar refractivity (Wildman–Crippen MR) is 117 cm³/mol. The number of halogens is 2. The number of hydrogen-bond donors (Lipinski definition) is 3. The third-order valence-electron chi connectivity index (χ3n) is 4.20. The number of carbonyl (C=O) groups excluding carboxylic acids is 2. The Morgan fingerprint density at radius 3 is 2.74 bits per heavy atom. The van der Waals surface area contributed by atoms with Gasteiger partial charge in [0, 0.05) is 33.6 Å². The van der Waals surface area contributed by atoms with Crippen molar-refractivity contribution >= 4 is 63.4 Å². The first-order chi connectivity index (χ1) is 14.7. The van der Waals surface area contributed by atoms with E-state index >= 15 is 0 Å². The van der Waals surface area contributed by atoms with Crippen LogP contribution in [-0.2, 0) is 9.53 Å². The Morgan fingerprint density at radius 2 is 2.06 bits per heavy atom. The van der Waals surface area contributed by atoms with Crippen molar-refractivity contribution in [1.82, 2.24) is 4.98 Å². The number of fused-ring (bicyclic) bond motifs is 1. The highest BCUT2D eigenvalue weighted by atomic mass is 35.5. The summed E-state index contributed by atoms with van der Waals surface area (Å²) in [5, 5.41) is 24.3. The molecule has 9 nitrogen and oxygen atoms in total. The fourth-order valence-electron chi connectivity index (χ4n) is 2.92. The molecule has 0 bridgehead atoms. The minimum Gasteiger partial charge on any atom is -0.501 e. The van der Waals surface area contributed by atoms with E-state index in [0.717, 1.165) is 12.1 Å². The number of hydrogen-bond acceptors (Lipinski definition) is 6. The molecule has 0 saturated heterocycles. The maximum atomic E-state index is 12.4. The summed E-state index contributed by atoms with van der Waals surface area (Å²) in [5.74, 6) is -2.03. The van der Waals surface area contributed by atoms with E-state index in [0.29, 0.717) is 21.5 Å². The molecule has 0 unspecified atom stereocenters. The number of anilines is 1. The average Bonchev–Trinajstić information content (AvgIpc) is 3.06. The SMILES string of the molecule is CCOC(=O)c1[nH]c2cc(Cl)cc(Cl)c2c1/C=C/C(=O)Nc1cccc([N+](=O)[O-])c1O. The monoisotopic (exact) mass is 463 g/mol. The number of H-pyrrole nitrogens is 1. The first-order valence-electron chi connectivity index (χ1n) is 8.86. The molecule has 2 aromatic carbocycles. The number of para-hydroxylation sites is 1. The molecule has 1 heterocycles. The van der Waals surface area contributed by atoms with Gasteiger partial charge in [0.15, 0.2) is 0 Å². The van der Waals surface area contributed by atoms with Gasteiger partial charge in [-0.1, -0.05) is 29.3 Å². The van der Waals surface area contributed by atoms with Crippen LogP contribution in [0, 0.1) is 10.1 Å². The minimum atomic E-state index is -0.772. The number of nitro groups is 1. The molecule has 3 N–H and O–H groups in total. The van der Waals surface area contributed by atoms with E-state index in [9.17, 15) is 24.8 Å². The quantitative estimate of drug-likeness (QED) is 0.156. The lowest BCUT2D eigenvalue weighted by molar-refractivity contribution is -0.385. The molecule has 0 atom stereocenters. The highest BCUT2D eigenvalue weighted by Gasteiger charge is 2.20. The van der Waals surface area contributed by atoms with E-state index in [2.05, 4.69) is 10.3 Å². The molecule has 0 fully saturated rings. The molecule has 0 saturated carbocycles. The number of nitro benzene ring substituents is 1. The van der Waals surface area contributed by atoms with Gasteiger partial charge in [-0.25, -0.2) is 4.79 Å². The van der Waals surface area contributed by atoms with Gasteiger partial charge in [0.25, 0.3) is 0 Å². The van der Waals surface area contributed by atoms with E-state index in [1.54, 1.807) is 13.0 Å². The molecule has 1 aromatic heterocycles. The number of phenols is 1. The largest absolute Gasteiger partial charge is 0.501 e. The van der Waals surface area contributed by atoms with Crippen LogP contribution >= 0.6 is 23.2 Å². The Kier molecular flexibility index (Phi) is 6.47. The van der Waals surface area contributed by atoms with Crippen molar-refractivity contribution in [3.8, 4) is 5.75 Å². The number of phenolic OH excluding ortho intramolecular Hbond substituents is 1. The highest BCUT2D eigenvalue weighted by molar-refractivity contribution is 6.39. The Morgan fingerprint density at radius 1 is 1.32 bits per heavy atom. The van der Waals surface area contributed by atoms with Crippen molar-refractivity contribution in [2.24, 2.45) is 0 Å². The van der Waals surface area contributed by atoms with Gasteiger partial charge in [-0.15, -0.1) is 0 Å². The molecule has 1 amide bonds. The van der Waals surface area contributed by atoms with Gasteiger partial charge in [-0.2, -0.15) is 0 Å². The molecule has 0 aliphatic heterocycles. The third-order valence-corrected chi connectivity index (χ3v) is 4.72. The Bertz CT molecular complexity index is 1240. The van der Waals surface area contributed by atoms with Crippen LogP contribution < -0.4 is 5.32 Å². The normalized spacial score (nSPS) is 11.1. The van der Waals surface area contributed by atoms with Crippen molar-refractivity contribution in [2.45, 2.75) is 6.92 Å². The average molecular weight is 464 g/mol. The van der Waals surface area contributed by atoms with Crippen molar-refractivity contribution in [2.75, 3.05) is 11.9 Å². The molecule has 11 heteroatoms. The predicted octanol–water partition coefficient (Wildman–Crippen LogP) is 4.92. The van der Waals surface area contributed by atoms with Crippen LogP contribution in [0.1, 0.15) is 23.0 Å². The minimum absolute atomic E-state index is 0.0725. The number of benzene rings is 2. The van der Waals surface area contributed by atoms with Crippen molar-refractivity contribution < 1.29 is 24.4 Å². The summed E-state index contributed by atoms with van der Waals surface area (Å²) in [7, 11) is 0. The number of carbonyl (C=O) groups is 2. The smallest absolute Gasteiger partial charge is 0.355 e. The fraction of sp³-hybridized carbons (Fsp3) is 0.100. The van der Waals surface area contributed by atoms with Gasteiger partial charge in [-0.3, -0.25) is 14.9 Å². The van der Waals surface area contributed by atoms with Gasteiger partial charge in [0.1, 0.15) is 5.69 Å². The van der Waals surface area contributed by atoms with Crippen LogP contribution in [0.3, 0.4) is 0 Å². The van der Waals surface area contributed by atoms with Crippen molar-refractivity contribution in [3.63, 3.8) is 0 Å². The highest BCUT2D eigenvalue weighted by Crippen LogP contribution is 2.35. The second-order valence-electron chi connectivity index (χ2n) is 6.20. The number of ether oxygens (including phenoxy) is 1. The Balaban J connectivity index is 1.98. The molecular weight excluding hydrogens is 449 g/mol. The van der Waals surface area contributed by atoms with Crippen LogP contribution in [0.4, 0.5) is 11.4 Å². The molecule has 3 aromatic rings. The van der Waals surface area contributed by atoms with Crippen molar-refractivity contribution in [1.29, 1.82) is 0 Å². The van der Waals surface area contributed by atoms with E-state index in [4.69, 9.17) is 27.9 Å². The topological polar surface area (TPSA) is 135 Å². The summed E-state index contributed by atoms with van der Waals surface area (Å²) in [6, 6.07) is 6.80. The lowest BCUT2D eigenvalue weighted by Crippen LogP contribution is -2.09. The molecule has 0 radical (unpaired) electrons. The van der Waals surface area contributed by atoms with Gasteiger partial charge >= 0.3 is 11.7 Å². The summed E-state index contributed by atoms with van der Waals surface area (Å²) in [5.41, 5.74) is 0.151. The first-order valence-corrected chi connectivity index (χ1v) is 9.61.